The first kappa shape index (κ1) is 13.1. The van der Waals surface area contributed by atoms with Gasteiger partial charge in [-0.15, -0.1) is 0 Å². The molecular formula is C15H30. The molecule has 1 fully saturated rings. The van der Waals surface area contributed by atoms with Crippen LogP contribution >= 0.6 is 0 Å². The van der Waals surface area contributed by atoms with Gasteiger partial charge < -0.3 is 0 Å². The van der Waals surface area contributed by atoms with Crippen molar-refractivity contribution in [1.29, 1.82) is 0 Å². The minimum atomic E-state index is 0.882. The fourth-order valence-corrected chi connectivity index (χ4v) is 3.41. The van der Waals surface area contributed by atoms with E-state index in [1.54, 1.807) is 0 Å². The molecule has 4 atom stereocenters. The van der Waals surface area contributed by atoms with E-state index in [-0.39, 0.29) is 0 Å². The van der Waals surface area contributed by atoms with Crippen molar-refractivity contribution in [2.75, 3.05) is 0 Å². The third kappa shape index (κ3) is 2.98. The molecule has 1 aliphatic carbocycles. The second-order valence-corrected chi connectivity index (χ2v) is 6.43. The van der Waals surface area contributed by atoms with Gasteiger partial charge in [-0.25, -0.2) is 0 Å². The van der Waals surface area contributed by atoms with Crippen LogP contribution in [0.3, 0.4) is 0 Å². The van der Waals surface area contributed by atoms with Crippen molar-refractivity contribution in [3.8, 4) is 0 Å². The lowest BCUT2D eigenvalue weighted by Gasteiger charge is -2.27. The van der Waals surface area contributed by atoms with Crippen LogP contribution in [0.5, 0.6) is 0 Å². The third-order valence-electron chi connectivity index (χ3n) is 4.87. The maximum Gasteiger partial charge on any atom is -0.0355 e. The van der Waals surface area contributed by atoms with Crippen LogP contribution < -0.4 is 0 Å². The van der Waals surface area contributed by atoms with Gasteiger partial charge in [-0.2, -0.15) is 0 Å². The molecule has 0 spiro atoms. The molecule has 0 heteroatoms. The molecule has 1 saturated carbocycles. The van der Waals surface area contributed by atoms with Gasteiger partial charge in [-0.3, -0.25) is 0 Å². The smallest absolute Gasteiger partial charge is 0.0355 e. The third-order valence-corrected chi connectivity index (χ3v) is 4.87. The molecule has 0 N–H and O–H groups in total. The molecule has 0 radical (unpaired) electrons. The Labute approximate surface area is 96.8 Å². The molecule has 0 nitrogen and oxygen atoms in total. The van der Waals surface area contributed by atoms with Gasteiger partial charge in [-0.05, 0) is 48.3 Å². The standard InChI is InChI=1S/C15H30/c1-7-12(6)15-9-13(10(2)3)8-14(15)11(4)5/h10-15H,7-9H2,1-6H3. The van der Waals surface area contributed by atoms with Crippen LogP contribution in [0.4, 0.5) is 0 Å². The molecule has 1 aliphatic rings. The van der Waals surface area contributed by atoms with E-state index in [0.717, 1.165) is 35.5 Å². The Hall–Kier alpha value is 0. The Bertz CT molecular complexity index is 180. The summed E-state index contributed by atoms with van der Waals surface area (Å²) in [5.41, 5.74) is 0. The van der Waals surface area contributed by atoms with E-state index in [2.05, 4.69) is 41.5 Å². The van der Waals surface area contributed by atoms with Crippen molar-refractivity contribution < 1.29 is 0 Å². The van der Waals surface area contributed by atoms with Gasteiger partial charge in [0.25, 0.3) is 0 Å². The van der Waals surface area contributed by atoms with Crippen LogP contribution in [0.25, 0.3) is 0 Å². The van der Waals surface area contributed by atoms with E-state index >= 15 is 0 Å². The summed E-state index contributed by atoms with van der Waals surface area (Å²) in [4.78, 5) is 0. The molecule has 0 aromatic heterocycles. The maximum atomic E-state index is 2.46. The van der Waals surface area contributed by atoms with Crippen molar-refractivity contribution in [2.24, 2.45) is 35.5 Å². The highest BCUT2D eigenvalue weighted by Gasteiger charge is 2.38. The van der Waals surface area contributed by atoms with E-state index in [4.69, 9.17) is 0 Å². The van der Waals surface area contributed by atoms with Crippen molar-refractivity contribution in [3.05, 3.63) is 0 Å². The molecule has 4 unspecified atom stereocenters. The molecule has 0 aliphatic heterocycles. The molecular weight excluding hydrogens is 180 g/mol. The van der Waals surface area contributed by atoms with Crippen LogP contribution in [-0.4, -0.2) is 0 Å². The van der Waals surface area contributed by atoms with Gasteiger partial charge in [-0.1, -0.05) is 48.0 Å². The highest BCUT2D eigenvalue weighted by atomic mass is 14.4. The molecule has 0 amide bonds. The van der Waals surface area contributed by atoms with E-state index < -0.39 is 0 Å². The monoisotopic (exact) mass is 210 g/mol. The quantitative estimate of drug-likeness (QED) is 0.613. The zero-order chi connectivity index (χ0) is 11.6. The summed E-state index contributed by atoms with van der Waals surface area (Å²) in [7, 11) is 0. The van der Waals surface area contributed by atoms with Gasteiger partial charge in [0.2, 0.25) is 0 Å². The van der Waals surface area contributed by atoms with E-state index in [9.17, 15) is 0 Å². The maximum absolute atomic E-state index is 2.46. The Morgan fingerprint density at radius 3 is 1.80 bits per heavy atom. The minimum absolute atomic E-state index is 0.882. The SMILES string of the molecule is CCC(C)C1CC(C(C)C)CC1C(C)C. The average Bonchev–Trinajstić information content (AvgIpc) is 2.61. The first-order valence-corrected chi connectivity index (χ1v) is 6.97. The second kappa shape index (κ2) is 5.37. The van der Waals surface area contributed by atoms with Crippen LogP contribution in [0.1, 0.15) is 60.8 Å². The summed E-state index contributed by atoms with van der Waals surface area (Å²) in [5, 5.41) is 0. The van der Waals surface area contributed by atoms with Crippen molar-refractivity contribution >= 4 is 0 Å². The Morgan fingerprint density at radius 1 is 0.867 bits per heavy atom. The first-order valence-electron chi connectivity index (χ1n) is 6.97. The number of hydrogen-bond acceptors (Lipinski definition) is 0. The Morgan fingerprint density at radius 2 is 1.40 bits per heavy atom. The van der Waals surface area contributed by atoms with Crippen LogP contribution in [0.15, 0.2) is 0 Å². The molecule has 90 valence electrons. The lowest BCUT2D eigenvalue weighted by atomic mass is 9.78. The normalized spacial score (nSPS) is 34.0. The predicted octanol–water partition coefficient (Wildman–Crippen LogP) is 4.99. The van der Waals surface area contributed by atoms with Gasteiger partial charge in [0, 0.05) is 0 Å². The molecule has 0 aromatic carbocycles. The second-order valence-electron chi connectivity index (χ2n) is 6.43. The van der Waals surface area contributed by atoms with Gasteiger partial charge in [0.15, 0.2) is 0 Å². The van der Waals surface area contributed by atoms with Gasteiger partial charge in [0.05, 0.1) is 0 Å². The van der Waals surface area contributed by atoms with E-state index in [1.807, 2.05) is 0 Å². The minimum Gasteiger partial charge on any atom is -0.0651 e. The first-order chi connectivity index (χ1) is 6.97. The van der Waals surface area contributed by atoms with Crippen LogP contribution in [0, 0.1) is 35.5 Å². The summed E-state index contributed by atoms with van der Waals surface area (Å²) in [6, 6.07) is 0. The molecule has 1 rings (SSSR count). The topological polar surface area (TPSA) is 0 Å². The van der Waals surface area contributed by atoms with Crippen molar-refractivity contribution in [2.45, 2.75) is 60.8 Å². The zero-order valence-electron chi connectivity index (χ0n) is 11.6. The van der Waals surface area contributed by atoms with Crippen LogP contribution in [0.2, 0.25) is 0 Å². The summed E-state index contributed by atoms with van der Waals surface area (Å²) < 4.78 is 0. The molecule has 0 bridgehead atoms. The summed E-state index contributed by atoms with van der Waals surface area (Å²) in [5.74, 6) is 5.69. The highest BCUT2D eigenvalue weighted by molar-refractivity contribution is 4.88. The molecule has 0 aromatic rings. The van der Waals surface area contributed by atoms with Crippen molar-refractivity contribution in [3.63, 3.8) is 0 Å². The molecule has 0 heterocycles. The number of hydrogen-bond donors (Lipinski definition) is 0. The van der Waals surface area contributed by atoms with E-state index in [0.29, 0.717) is 0 Å². The summed E-state index contributed by atoms with van der Waals surface area (Å²) in [6.07, 6.45) is 4.35. The largest absolute Gasteiger partial charge is 0.0651 e. The lowest BCUT2D eigenvalue weighted by Crippen LogP contribution is -2.20. The van der Waals surface area contributed by atoms with Crippen molar-refractivity contribution in [1.82, 2.24) is 0 Å². The fourth-order valence-electron chi connectivity index (χ4n) is 3.41. The average molecular weight is 210 g/mol. The van der Waals surface area contributed by atoms with E-state index in [1.165, 1.54) is 19.3 Å². The Balaban J connectivity index is 2.67. The Kier molecular flexibility index (Phi) is 4.67. The highest BCUT2D eigenvalue weighted by Crippen LogP contribution is 2.47. The lowest BCUT2D eigenvalue weighted by molar-refractivity contribution is 0.219. The van der Waals surface area contributed by atoms with Gasteiger partial charge >= 0.3 is 0 Å². The van der Waals surface area contributed by atoms with Gasteiger partial charge in [0.1, 0.15) is 0 Å². The summed E-state index contributed by atoms with van der Waals surface area (Å²) in [6.45, 7) is 14.5. The summed E-state index contributed by atoms with van der Waals surface area (Å²) >= 11 is 0. The molecule has 0 saturated heterocycles. The number of rotatable bonds is 4. The predicted molar refractivity (Wildman–Crippen MR) is 68.8 cm³/mol. The zero-order valence-corrected chi connectivity index (χ0v) is 11.6. The molecule has 15 heavy (non-hydrogen) atoms. The van der Waals surface area contributed by atoms with Crippen LogP contribution in [-0.2, 0) is 0 Å². The fraction of sp³-hybridized carbons (Fsp3) is 1.00.